The van der Waals surface area contributed by atoms with E-state index in [1.54, 1.807) is 11.0 Å². The Morgan fingerprint density at radius 2 is 1.76 bits per heavy atom. The number of carbonyl (C=O) groups excluding carboxylic acids is 2. The molecule has 0 atom stereocenters. The number of carbonyl (C=O) groups is 2. The summed E-state index contributed by atoms with van der Waals surface area (Å²) in [6, 6.07) is 11.3. The van der Waals surface area contributed by atoms with Crippen LogP contribution in [-0.4, -0.2) is 18.4 Å². The smallest absolute Gasteiger partial charge is 0.226 e. The molecule has 0 fully saturated rings. The Kier molecular flexibility index (Phi) is 6.21. The molecule has 0 unspecified atom stereocenters. The van der Waals surface area contributed by atoms with Crippen LogP contribution in [-0.2, 0) is 9.59 Å². The predicted octanol–water partition coefficient (Wildman–Crippen LogP) is 4.65. The van der Waals surface area contributed by atoms with E-state index < -0.39 is 0 Å². The minimum absolute atomic E-state index is 0.126. The summed E-state index contributed by atoms with van der Waals surface area (Å²) in [7, 11) is 0. The van der Waals surface area contributed by atoms with Crippen molar-refractivity contribution in [2.75, 3.05) is 16.8 Å². The van der Waals surface area contributed by atoms with Gasteiger partial charge in [-0.2, -0.15) is 0 Å². The van der Waals surface area contributed by atoms with Crippen molar-refractivity contribution < 1.29 is 9.59 Å². The molecule has 4 nitrogen and oxygen atoms in total. The van der Waals surface area contributed by atoms with Crippen LogP contribution in [0.3, 0.4) is 0 Å². The zero-order chi connectivity index (χ0) is 18.6. The molecular formula is C20H23ClN2O2. The van der Waals surface area contributed by atoms with Gasteiger partial charge in [0.15, 0.2) is 0 Å². The maximum absolute atomic E-state index is 12.3. The van der Waals surface area contributed by atoms with Crippen LogP contribution in [0.5, 0.6) is 0 Å². The lowest BCUT2D eigenvalue weighted by Gasteiger charge is -2.21. The van der Waals surface area contributed by atoms with Gasteiger partial charge in [-0.25, -0.2) is 0 Å². The van der Waals surface area contributed by atoms with Crippen LogP contribution in [0, 0.1) is 20.8 Å². The second-order valence-corrected chi connectivity index (χ2v) is 6.63. The number of rotatable bonds is 5. The van der Waals surface area contributed by atoms with E-state index in [4.69, 9.17) is 11.6 Å². The molecule has 1 N–H and O–H groups in total. The van der Waals surface area contributed by atoms with Gasteiger partial charge in [-0.15, -0.1) is 0 Å². The predicted molar refractivity (Wildman–Crippen MR) is 103 cm³/mol. The van der Waals surface area contributed by atoms with Crippen molar-refractivity contribution in [3.05, 3.63) is 58.1 Å². The molecule has 0 saturated heterocycles. The molecule has 2 rings (SSSR count). The van der Waals surface area contributed by atoms with Gasteiger partial charge in [-0.05, 0) is 50.1 Å². The van der Waals surface area contributed by atoms with Gasteiger partial charge < -0.3 is 10.2 Å². The van der Waals surface area contributed by atoms with Crippen LogP contribution in [0.4, 0.5) is 11.4 Å². The van der Waals surface area contributed by atoms with E-state index in [1.165, 1.54) is 6.92 Å². The van der Waals surface area contributed by atoms with Crippen molar-refractivity contribution in [1.82, 2.24) is 0 Å². The highest BCUT2D eigenvalue weighted by Crippen LogP contribution is 2.23. The van der Waals surface area contributed by atoms with E-state index in [0.717, 1.165) is 22.4 Å². The van der Waals surface area contributed by atoms with Gasteiger partial charge in [0.2, 0.25) is 11.8 Å². The van der Waals surface area contributed by atoms with Crippen LogP contribution in [0.2, 0.25) is 5.02 Å². The second-order valence-electron chi connectivity index (χ2n) is 6.22. The number of aryl methyl sites for hydroxylation is 3. The molecule has 0 spiro atoms. The SMILES string of the molecule is CC(=O)N(CCC(=O)Nc1ccc(C)cc1C)c1ccc(C)c(Cl)c1. The summed E-state index contributed by atoms with van der Waals surface area (Å²) in [5, 5.41) is 3.50. The molecule has 0 heterocycles. The Labute approximate surface area is 153 Å². The molecule has 0 aliphatic heterocycles. The maximum Gasteiger partial charge on any atom is 0.226 e. The first-order chi connectivity index (χ1) is 11.8. The van der Waals surface area contributed by atoms with E-state index in [2.05, 4.69) is 5.32 Å². The van der Waals surface area contributed by atoms with E-state index in [1.807, 2.05) is 51.1 Å². The van der Waals surface area contributed by atoms with Crippen molar-refractivity contribution in [3.8, 4) is 0 Å². The first-order valence-electron chi connectivity index (χ1n) is 8.19. The molecule has 0 saturated carbocycles. The quantitative estimate of drug-likeness (QED) is 0.845. The van der Waals surface area contributed by atoms with Crippen molar-refractivity contribution >= 4 is 34.8 Å². The average Bonchev–Trinajstić information content (AvgIpc) is 2.53. The zero-order valence-electron chi connectivity index (χ0n) is 15.0. The number of hydrogen-bond donors (Lipinski definition) is 1. The van der Waals surface area contributed by atoms with Crippen molar-refractivity contribution in [1.29, 1.82) is 0 Å². The number of benzene rings is 2. The lowest BCUT2D eigenvalue weighted by molar-refractivity contribution is -0.117. The highest BCUT2D eigenvalue weighted by atomic mass is 35.5. The third-order valence-electron chi connectivity index (χ3n) is 4.07. The van der Waals surface area contributed by atoms with E-state index in [9.17, 15) is 9.59 Å². The number of anilines is 2. The maximum atomic E-state index is 12.3. The van der Waals surface area contributed by atoms with E-state index >= 15 is 0 Å². The van der Waals surface area contributed by atoms with Gasteiger partial charge in [0.25, 0.3) is 0 Å². The summed E-state index contributed by atoms with van der Waals surface area (Å²) >= 11 is 6.15. The second kappa shape index (κ2) is 8.17. The van der Waals surface area contributed by atoms with E-state index in [-0.39, 0.29) is 18.2 Å². The molecule has 25 heavy (non-hydrogen) atoms. The number of amides is 2. The van der Waals surface area contributed by atoms with Crippen LogP contribution < -0.4 is 10.2 Å². The molecule has 0 aliphatic rings. The Balaban J connectivity index is 2.04. The zero-order valence-corrected chi connectivity index (χ0v) is 15.8. The molecule has 2 aromatic rings. The highest BCUT2D eigenvalue weighted by Gasteiger charge is 2.15. The number of nitrogens with zero attached hydrogens (tertiary/aromatic N) is 1. The lowest BCUT2D eigenvalue weighted by Crippen LogP contribution is -2.32. The Morgan fingerprint density at radius 1 is 1.04 bits per heavy atom. The molecule has 0 bridgehead atoms. The molecule has 2 aromatic carbocycles. The topological polar surface area (TPSA) is 49.4 Å². The van der Waals surface area contributed by atoms with Gasteiger partial charge in [0, 0.05) is 36.3 Å². The average molecular weight is 359 g/mol. The Hall–Kier alpha value is -2.33. The first-order valence-corrected chi connectivity index (χ1v) is 8.57. The molecule has 0 radical (unpaired) electrons. The molecule has 132 valence electrons. The summed E-state index contributed by atoms with van der Waals surface area (Å²) < 4.78 is 0. The standard InChI is InChI=1S/C20H23ClN2O2/c1-13-5-8-19(15(3)11-13)22-20(25)9-10-23(16(4)24)17-7-6-14(2)18(21)12-17/h5-8,11-12H,9-10H2,1-4H3,(H,22,25). The highest BCUT2D eigenvalue weighted by molar-refractivity contribution is 6.31. The molecule has 0 aliphatic carbocycles. The van der Waals surface area contributed by atoms with Crippen molar-refractivity contribution in [2.45, 2.75) is 34.1 Å². The minimum atomic E-state index is -0.128. The van der Waals surface area contributed by atoms with Crippen LogP contribution in [0.1, 0.15) is 30.0 Å². The van der Waals surface area contributed by atoms with Crippen molar-refractivity contribution in [3.63, 3.8) is 0 Å². The van der Waals surface area contributed by atoms with Crippen LogP contribution >= 0.6 is 11.6 Å². The first kappa shape index (κ1) is 19.0. The van der Waals surface area contributed by atoms with Crippen LogP contribution in [0.15, 0.2) is 36.4 Å². The Bertz CT molecular complexity index is 802. The molecular weight excluding hydrogens is 336 g/mol. The fourth-order valence-corrected chi connectivity index (χ4v) is 2.77. The van der Waals surface area contributed by atoms with Gasteiger partial charge in [0.05, 0.1) is 0 Å². The summed E-state index contributed by atoms with van der Waals surface area (Å²) in [6.07, 6.45) is 0.207. The van der Waals surface area contributed by atoms with Gasteiger partial charge in [-0.3, -0.25) is 9.59 Å². The van der Waals surface area contributed by atoms with Gasteiger partial charge in [-0.1, -0.05) is 35.4 Å². The Morgan fingerprint density at radius 3 is 2.36 bits per heavy atom. The van der Waals surface area contributed by atoms with Gasteiger partial charge in [0.1, 0.15) is 0 Å². The molecule has 2 amide bonds. The summed E-state index contributed by atoms with van der Waals surface area (Å²) in [5.74, 6) is -0.254. The lowest BCUT2D eigenvalue weighted by atomic mass is 10.1. The number of nitrogens with one attached hydrogen (secondary N) is 1. The fourth-order valence-electron chi connectivity index (χ4n) is 2.60. The third-order valence-corrected chi connectivity index (χ3v) is 4.47. The normalized spacial score (nSPS) is 10.4. The summed E-state index contributed by atoms with van der Waals surface area (Å²) in [5.41, 5.74) is 4.60. The minimum Gasteiger partial charge on any atom is -0.326 e. The van der Waals surface area contributed by atoms with Crippen LogP contribution in [0.25, 0.3) is 0 Å². The number of halogens is 1. The summed E-state index contributed by atoms with van der Waals surface area (Å²) in [6.45, 7) is 7.65. The van der Waals surface area contributed by atoms with Gasteiger partial charge >= 0.3 is 0 Å². The third kappa shape index (κ3) is 5.07. The molecule has 5 heteroatoms. The fraction of sp³-hybridized carbons (Fsp3) is 0.300. The molecule has 0 aromatic heterocycles. The largest absolute Gasteiger partial charge is 0.326 e. The summed E-state index contributed by atoms with van der Waals surface area (Å²) in [4.78, 5) is 25.8. The number of hydrogen-bond acceptors (Lipinski definition) is 2. The van der Waals surface area contributed by atoms with Crippen molar-refractivity contribution in [2.24, 2.45) is 0 Å². The monoisotopic (exact) mass is 358 g/mol. The van der Waals surface area contributed by atoms with E-state index in [0.29, 0.717) is 17.3 Å².